The summed E-state index contributed by atoms with van der Waals surface area (Å²) in [5.41, 5.74) is 2.95. The van der Waals surface area contributed by atoms with Crippen LogP contribution in [0.3, 0.4) is 0 Å². The number of rotatable bonds is 6. The van der Waals surface area contributed by atoms with E-state index in [1.807, 2.05) is 43.3 Å². The molecule has 0 spiro atoms. The van der Waals surface area contributed by atoms with Crippen molar-refractivity contribution in [3.63, 3.8) is 0 Å². The fraction of sp³-hybridized carbons (Fsp3) is 0.435. The Kier molecular flexibility index (Phi) is 9.96. The highest BCUT2D eigenvalue weighted by Crippen LogP contribution is 2.20. The number of hydrogen-bond donors (Lipinski definition) is 3. The summed E-state index contributed by atoms with van der Waals surface area (Å²) in [4.78, 5) is 31.7. The first-order valence-electron chi connectivity index (χ1n) is 10.8. The first kappa shape index (κ1) is 27.5. The molecule has 1 aromatic carbocycles. The van der Waals surface area contributed by atoms with Gasteiger partial charge < -0.3 is 20.6 Å². The Morgan fingerprint density at radius 3 is 2.26 bits per heavy atom. The van der Waals surface area contributed by atoms with E-state index in [1.165, 1.54) is 0 Å². The van der Waals surface area contributed by atoms with Crippen molar-refractivity contribution in [2.24, 2.45) is 0 Å². The number of piperidine rings is 1. The van der Waals surface area contributed by atoms with Crippen LogP contribution < -0.4 is 15.5 Å². The van der Waals surface area contributed by atoms with Gasteiger partial charge in [-0.3, -0.25) is 4.79 Å². The van der Waals surface area contributed by atoms with Gasteiger partial charge >= 0.3 is 12.1 Å². The highest BCUT2D eigenvalue weighted by atomic mass is 19.4. The number of aliphatic carboxylic acids is 1. The molecule has 0 radical (unpaired) electrons. The van der Waals surface area contributed by atoms with Crippen LogP contribution in [0.5, 0.6) is 0 Å². The fourth-order valence-corrected chi connectivity index (χ4v) is 3.25. The third-order valence-corrected chi connectivity index (χ3v) is 5.11. The van der Waals surface area contributed by atoms with Crippen molar-refractivity contribution < 1.29 is 27.9 Å². The number of alkyl halides is 3. The third kappa shape index (κ3) is 8.86. The van der Waals surface area contributed by atoms with Gasteiger partial charge in [-0.25, -0.2) is 14.8 Å². The maximum atomic E-state index is 12.3. The van der Waals surface area contributed by atoms with Gasteiger partial charge in [-0.1, -0.05) is 30.7 Å². The minimum Gasteiger partial charge on any atom is -0.475 e. The second kappa shape index (κ2) is 12.7. The molecule has 0 saturated carbocycles. The maximum absolute atomic E-state index is 12.3. The van der Waals surface area contributed by atoms with E-state index in [2.05, 4.69) is 26.7 Å². The second-order valence-corrected chi connectivity index (χ2v) is 8.06. The highest BCUT2D eigenvalue weighted by molar-refractivity contribution is 5.82. The summed E-state index contributed by atoms with van der Waals surface area (Å²) >= 11 is 0. The topological polar surface area (TPSA) is 131 Å². The van der Waals surface area contributed by atoms with E-state index >= 15 is 0 Å². The Hall–Kier alpha value is -3.72. The van der Waals surface area contributed by atoms with E-state index in [0.29, 0.717) is 12.4 Å². The van der Waals surface area contributed by atoms with Crippen LogP contribution in [0.1, 0.15) is 24.8 Å². The molecule has 188 valence electrons. The van der Waals surface area contributed by atoms with Crippen LogP contribution in [0.25, 0.3) is 11.1 Å². The zero-order valence-corrected chi connectivity index (χ0v) is 19.3. The number of aromatic nitrogens is 2. The second-order valence-electron chi connectivity index (χ2n) is 8.06. The minimum atomic E-state index is -5.08. The van der Waals surface area contributed by atoms with E-state index in [4.69, 9.17) is 9.90 Å². The summed E-state index contributed by atoms with van der Waals surface area (Å²) in [7, 11) is 3.80. The molecular formula is C23H27F3N6O3. The van der Waals surface area contributed by atoms with Crippen LogP contribution in [0.4, 0.5) is 19.1 Å². The lowest BCUT2D eigenvalue weighted by Gasteiger charge is -2.23. The van der Waals surface area contributed by atoms with E-state index in [9.17, 15) is 23.2 Å². The van der Waals surface area contributed by atoms with E-state index < -0.39 is 18.2 Å². The van der Waals surface area contributed by atoms with E-state index in [-0.39, 0.29) is 11.9 Å². The number of halogens is 3. The van der Waals surface area contributed by atoms with Crippen LogP contribution >= 0.6 is 0 Å². The third-order valence-electron chi connectivity index (χ3n) is 5.11. The monoisotopic (exact) mass is 492 g/mol. The Labute approximate surface area is 201 Å². The number of carboxylic acid groups (broad SMARTS) is 1. The molecule has 0 bridgehead atoms. The van der Waals surface area contributed by atoms with Crippen molar-refractivity contribution in [1.82, 2.24) is 20.6 Å². The van der Waals surface area contributed by atoms with Crippen LogP contribution in [0, 0.1) is 11.3 Å². The minimum absolute atomic E-state index is 0.0824. The molecule has 35 heavy (non-hydrogen) atoms. The Morgan fingerprint density at radius 1 is 1.20 bits per heavy atom. The number of anilines is 1. The van der Waals surface area contributed by atoms with Crippen molar-refractivity contribution in [1.29, 1.82) is 5.26 Å². The molecule has 1 aliphatic rings. The summed E-state index contributed by atoms with van der Waals surface area (Å²) in [6, 6.07) is 9.41. The lowest BCUT2D eigenvalue weighted by Crippen LogP contribution is -2.49. The summed E-state index contributed by atoms with van der Waals surface area (Å²) in [6.07, 6.45) is 1.96. The molecule has 3 rings (SSSR count). The largest absolute Gasteiger partial charge is 0.490 e. The van der Waals surface area contributed by atoms with Crippen molar-refractivity contribution >= 4 is 17.8 Å². The lowest BCUT2D eigenvalue weighted by atomic mass is 10.0. The van der Waals surface area contributed by atoms with Gasteiger partial charge in [0.1, 0.15) is 6.04 Å². The van der Waals surface area contributed by atoms with Gasteiger partial charge in [0.25, 0.3) is 0 Å². The number of nitriles is 1. The Balaban J connectivity index is 0.000000540. The number of carbonyl (C=O) groups excluding carboxylic acids is 1. The summed E-state index contributed by atoms with van der Waals surface area (Å²) in [5.74, 6) is -2.17. The van der Waals surface area contributed by atoms with Gasteiger partial charge in [0.2, 0.25) is 11.9 Å². The first-order valence-corrected chi connectivity index (χ1v) is 10.8. The smallest absolute Gasteiger partial charge is 0.475 e. The molecule has 0 unspecified atom stereocenters. The molecule has 2 atom stereocenters. The van der Waals surface area contributed by atoms with Crippen LogP contribution in [0.2, 0.25) is 0 Å². The van der Waals surface area contributed by atoms with Crippen molar-refractivity contribution in [2.45, 2.75) is 43.9 Å². The molecule has 1 saturated heterocycles. The molecule has 3 N–H and O–H groups in total. The number of carbonyl (C=O) groups is 2. The van der Waals surface area contributed by atoms with Gasteiger partial charge in [0.05, 0.1) is 12.1 Å². The number of hydrogen-bond acceptors (Lipinski definition) is 7. The molecule has 2 aromatic rings. The van der Waals surface area contributed by atoms with Gasteiger partial charge in [0, 0.05) is 38.5 Å². The number of benzene rings is 1. The summed E-state index contributed by atoms with van der Waals surface area (Å²) in [5, 5.41) is 22.6. The molecular weight excluding hydrogens is 465 g/mol. The zero-order chi connectivity index (χ0) is 26.0. The average molecular weight is 493 g/mol. The maximum Gasteiger partial charge on any atom is 0.490 e. The van der Waals surface area contributed by atoms with E-state index in [1.54, 1.807) is 12.4 Å². The molecule has 1 amide bonds. The van der Waals surface area contributed by atoms with Gasteiger partial charge in [-0.05, 0) is 30.5 Å². The number of amides is 1. The molecule has 12 heteroatoms. The normalized spacial score (nSPS) is 16.2. The molecule has 1 aliphatic heterocycles. The van der Waals surface area contributed by atoms with Crippen molar-refractivity contribution in [3.8, 4) is 17.2 Å². The quantitative estimate of drug-likeness (QED) is 0.561. The lowest BCUT2D eigenvalue weighted by molar-refractivity contribution is -0.192. The van der Waals surface area contributed by atoms with Crippen LogP contribution in [-0.2, 0) is 16.0 Å². The first-order chi connectivity index (χ1) is 16.5. The zero-order valence-electron chi connectivity index (χ0n) is 19.3. The molecule has 9 nitrogen and oxygen atoms in total. The van der Waals surface area contributed by atoms with Gasteiger partial charge in [0.15, 0.2) is 0 Å². The molecule has 1 fully saturated rings. The summed E-state index contributed by atoms with van der Waals surface area (Å²) < 4.78 is 31.7. The van der Waals surface area contributed by atoms with E-state index in [0.717, 1.165) is 42.5 Å². The number of carboxylic acids is 1. The van der Waals surface area contributed by atoms with Gasteiger partial charge in [-0.15, -0.1) is 0 Å². The fourth-order valence-electron chi connectivity index (χ4n) is 3.25. The van der Waals surface area contributed by atoms with Crippen molar-refractivity contribution in [3.05, 3.63) is 42.2 Å². The molecule has 0 aliphatic carbocycles. The van der Waals surface area contributed by atoms with Gasteiger partial charge in [-0.2, -0.15) is 18.4 Å². The Bertz CT molecular complexity index is 1010. The highest BCUT2D eigenvalue weighted by Gasteiger charge is 2.38. The van der Waals surface area contributed by atoms with Crippen molar-refractivity contribution in [2.75, 3.05) is 25.5 Å². The van der Waals surface area contributed by atoms with Crippen LogP contribution in [-0.4, -0.2) is 65.9 Å². The predicted octanol–water partition coefficient (Wildman–Crippen LogP) is 2.54. The standard InChI is InChI=1S/C21H26N6O.C2HF3O2/c1-27(2)21-24-13-17(14-25-21)16-8-6-15(7-9-16)11-18(12-22)26-20(28)19-5-3-4-10-23-19;3-2(4,5)1(6)7/h6-9,13-14,18-19,23H,3-5,10-11H2,1-2H3,(H,26,28);(H,6,7)/t18-,19-;/m0./s1. The Morgan fingerprint density at radius 2 is 1.80 bits per heavy atom. The number of nitrogens with zero attached hydrogens (tertiary/aromatic N) is 4. The number of nitrogens with one attached hydrogen (secondary N) is 2. The average Bonchev–Trinajstić information content (AvgIpc) is 2.84. The molecule has 2 heterocycles. The SMILES string of the molecule is CN(C)c1ncc(-c2ccc(C[C@@H](C#N)NC(=O)[C@@H]3CCCCN3)cc2)cn1.O=C(O)C(F)(F)F. The van der Waals surface area contributed by atoms with Crippen LogP contribution in [0.15, 0.2) is 36.7 Å². The summed E-state index contributed by atoms with van der Waals surface area (Å²) in [6.45, 7) is 0.857. The molecule has 1 aromatic heterocycles. The predicted molar refractivity (Wildman–Crippen MR) is 122 cm³/mol.